The minimum absolute atomic E-state index is 0.0105. The molecule has 1 fully saturated rings. The molecule has 3 heterocycles. The predicted octanol–water partition coefficient (Wildman–Crippen LogP) is 2.79. The number of nitrogens with zero attached hydrogens (tertiary/aromatic N) is 7. The first-order chi connectivity index (χ1) is 18.1. The maximum Gasteiger partial charge on any atom is 0.245 e. The van der Waals surface area contributed by atoms with Gasteiger partial charge in [-0.15, -0.1) is 10.2 Å². The number of ether oxygens (including phenoxy) is 3. The normalized spacial score (nSPS) is 19.1. The topological polar surface area (TPSA) is 156 Å². The van der Waals surface area contributed by atoms with Crippen LogP contribution in [0.1, 0.15) is 43.4 Å². The van der Waals surface area contributed by atoms with Gasteiger partial charge in [0.25, 0.3) is 0 Å². The second-order valence-corrected chi connectivity index (χ2v) is 10.9. The average Bonchev–Trinajstić information content (AvgIpc) is 3.25. The Morgan fingerprint density at radius 3 is 2.18 bits per heavy atom. The van der Waals surface area contributed by atoms with Gasteiger partial charge >= 0.3 is 0 Å². The third-order valence-corrected chi connectivity index (χ3v) is 8.22. The first-order valence-corrected chi connectivity index (χ1v) is 13.2. The van der Waals surface area contributed by atoms with Gasteiger partial charge in [0.15, 0.2) is 11.5 Å². The number of halogens is 3. The van der Waals surface area contributed by atoms with E-state index in [1.807, 2.05) is 0 Å². The lowest BCUT2D eigenvalue weighted by Gasteiger charge is -2.35. The minimum atomic E-state index is -4.27. The van der Waals surface area contributed by atoms with Gasteiger partial charge in [-0.25, -0.2) is 27.2 Å². The summed E-state index contributed by atoms with van der Waals surface area (Å²) in [5.41, 5.74) is 0.0482. The summed E-state index contributed by atoms with van der Waals surface area (Å²) in [6.45, 7) is 1.39. The van der Waals surface area contributed by atoms with Crippen molar-refractivity contribution in [3.05, 3.63) is 35.4 Å². The van der Waals surface area contributed by atoms with E-state index in [0.717, 1.165) is 0 Å². The van der Waals surface area contributed by atoms with Crippen molar-refractivity contribution in [1.29, 1.82) is 0 Å². The fraction of sp³-hybridized carbons (Fsp3) is 0.524. The standard InChI is InChI=1S/C21H25ClF2N8O5S/c1-10(15(35-2)17-25-7-11(22)8-26-17)38(33,34)31-21-30-29-18(13-6-5-12(13)16(23)24)32(21)14-19(36-3)27-9-28-20(14)37-4/h7-10,12-13,15-16H,5-6H2,1-4H3,(H,30,31)/t10-,12+,13-,15-/m0/s1. The Balaban J connectivity index is 1.79. The van der Waals surface area contributed by atoms with E-state index in [-0.39, 0.29) is 46.5 Å². The highest BCUT2D eigenvalue weighted by molar-refractivity contribution is 7.93. The molecule has 13 nitrogen and oxygen atoms in total. The zero-order valence-corrected chi connectivity index (χ0v) is 22.3. The van der Waals surface area contributed by atoms with Crippen LogP contribution in [-0.4, -0.2) is 76.1 Å². The van der Waals surface area contributed by atoms with E-state index < -0.39 is 39.6 Å². The second-order valence-electron chi connectivity index (χ2n) is 8.41. The number of hydrogen-bond donors (Lipinski definition) is 1. The summed E-state index contributed by atoms with van der Waals surface area (Å²) < 4.78 is 74.0. The Morgan fingerprint density at radius 1 is 1.05 bits per heavy atom. The molecular weight excluding hydrogens is 550 g/mol. The Bertz CT molecular complexity index is 1360. The summed E-state index contributed by atoms with van der Waals surface area (Å²) in [6, 6.07) is 0. The lowest BCUT2D eigenvalue weighted by atomic mass is 9.73. The van der Waals surface area contributed by atoms with Crippen LogP contribution < -0.4 is 14.2 Å². The zero-order chi connectivity index (χ0) is 27.6. The van der Waals surface area contributed by atoms with Crippen LogP contribution in [0.2, 0.25) is 5.02 Å². The van der Waals surface area contributed by atoms with Crippen molar-refractivity contribution in [2.75, 3.05) is 26.1 Å². The van der Waals surface area contributed by atoms with Crippen molar-refractivity contribution in [2.24, 2.45) is 5.92 Å². The van der Waals surface area contributed by atoms with Crippen LogP contribution in [0.25, 0.3) is 5.69 Å². The number of sulfonamides is 1. The van der Waals surface area contributed by atoms with Crippen LogP contribution in [-0.2, 0) is 14.8 Å². The molecule has 0 aliphatic heterocycles. The summed E-state index contributed by atoms with van der Waals surface area (Å²) >= 11 is 5.84. The lowest BCUT2D eigenvalue weighted by Crippen LogP contribution is -2.34. The fourth-order valence-electron chi connectivity index (χ4n) is 4.17. The van der Waals surface area contributed by atoms with E-state index in [1.54, 1.807) is 0 Å². The number of alkyl halides is 2. The monoisotopic (exact) mass is 574 g/mol. The largest absolute Gasteiger partial charge is 0.479 e. The third-order valence-electron chi connectivity index (χ3n) is 6.33. The van der Waals surface area contributed by atoms with Crippen molar-refractivity contribution in [3.63, 3.8) is 0 Å². The summed E-state index contributed by atoms with van der Waals surface area (Å²) in [6.07, 6.45) is 0.807. The SMILES string of the molecule is COc1ncnc(OC)c1-n1c(NS(=O)(=O)[C@@H](C)[C@H](OC)c2ncc(Cl)cn2)nnc1[C@H]1CC[C@H]1C(F)F. The van der Waals surface area contributed by atoms with Gasteiger partial charge in [0.05, 0.1) is 19.2 Å². The maximum absolute atomic E-state index is 13.7. The van der Waals surface area contributed by atoms with Crippen LogP contribution in [0.4, 0.5) is 14.7 Å². The Hall–Kier alpha value is -3.24. The van der Waals surface area contributed by atoms with Crippen molar-refractivity contribution in [1.82, 2.24) is 34.7 Å². The van der Waals surface area contributed by atoms with E-state index in [9.17, 15) is 17.2 Å². The number of aromatic nitrogens is 7. The molecule has 0 aromatic carbocycles. The molecule has 206 valence electrons. The van der Waals surface area contributed by atoms with Gasteiger partial charge in [-0.2, -0.15) is 9.97 Å². The summed E-state index contributed by atoms with van der Waals surface area (Å²) in [7, 11) is -0.282. The van der Waals surface area contributed by atoms with Gasteiger partial charge in [-0.05, 0) is 19.8 Å². The Morgan fingerprint density at radius 2 is 1.68 bits per heavy atom. The third kappa shape index (κ3) is 5.19. The molecule has 38 heavy (non-hydrogen) atoms. The quantitative estimate of drug-likeness (QED) is 0.359. The van der Waals surface area contributed by atoms with E-state index >= 15 is 0 Å². The highest BCUT2D eigenvalue weighted by atomic mass is 35.5. The molecule has 1 aliphatic rings. The number of rotatable bonds is 11. The average molecular weight is 575 g/mol. The van der Waals surface area contributed by atoms with Gasteiger partial charge in [-0.3, -0.25) is 9.29 Å². The molecule has 4 rings (SSSR count). The number of methoxy groups -OCH3 is 3. The molecular formula is C21H25ClF2N8O5S. The second kappa shape index (κ2) is 11.2. The van der Waals surface area contributed by atoms with E-state index in [0.29, 0.717) is 6.42 Å². The fourth-order valence-corrected chi connectivity index (χ4v) is 5.40. The molecule has 0 saturated heterocycles. The maximum atomic E-state index is 13.7. The van der Waals surface area contributed by atoms with Gasteiger partial charge in [-0.1, -0.05) is 11.6 Å². The smallest absolute Gasteiger partial charge is 0.245 e. The highest BCUT2D eigenvalue weighted by Crippen LogP contribution is 2.47. The molecule has 0 amide bonds. The van der Waals surface area contributed by atoms with Gasteiger partial charge in [0.1, 0.15) is 23.5 Å². The molecule has 0 bridgehead atoms. The van der Waals surface area contributed by atoms with E-state index in [2.05, 4.69) is 34.9 Å². The van der Waals surface area contributed by atoms with Crippen molar-refractivity contribution in [2.45, 2.75) is 43.5 Å². The minimum Gasteiger partial charge on any atom is -0.479 e. The van der Waals surface area contributed by atoms with Gasteiger partial charge in [0.2, 0.25) is 34.2 Å². The molecule has 0 spiro atoms. The first-order valence-electron chi connectivity index (χ1n) is 11.3. The summed E-state index contributed by atoms with van der Waals surface area (Å²) in [5.74, 6) is -1.84. The molecule has 0 radical (unpaired) electrons. The first kappa shape index (κ1) is 27.8. The Kier molecular flexibility index (Phi) is 8.22. The van der Waals surface area contributed by atoms with E-state index in [4.69, 9.17) is 25.8 Å². The van der Waals surface area contributed by atoms with Gasteiger partial charge in [0, 0.05) is 31.3 Å². The summed E-state index contributed by atoms with van der Waals surface area (Å²) in [5, 5.41) is 7.12. The van der Waals surface area contributed by atoms with Crippen molar-refractivity contribution < 1.29 is 31.4 Å². The van der Waals surface area contributed by atoms with Crippen LogP contribution in [0, 0.1) is 5.92 Å². The van der Waals surface area contributed by atoms with Crippen LogP contribution >= 0.6 is 11.6 Å². The van der Waals surface area contributed by atoms with Gasteiger partial charge < -0.3 is 14.2 Å². The predicted molar refractivity (Wildman–Crippen MR) is 130 cm³/mol. The van der Waals surface area contributed by atoms with Crippen LogP contribution in [0.5, 0.6) is 11.8 Å². The highest BCUT2D eigenvalue weighted by Gasteiger charge is 2.43. The molecule has 1 N–H and O–H groups in total. The Labute approximate surface area is 222 Å². The number of anilines is 1. The van der Waals surface area contributed by atoms with Crippen LogP contribution in [0.15, 0.2) is 18.7 Å². The van der Waals surface area contributed by atoms with Crippen molar-refractivity contribution >= 4 is 27.6 Å². The number of nitrogens with one attached hydrogen (secondary N) is 1. The molecule has 4 atom stereocenters. The molecule has 17 heteroatoms. The zero-order valence-electron chi connectivity index (χ0n) is 20.7. The van der Waals surface area contributed by atoms with Crippen molar-refractivity contribution in [3.8, 4) is 17.4 Å². The van der Waals surface area contributed by atoms with E-state index in [1.165, 1.54) is 51.5 Å². The molecule has 3 aromatic heterocycles. The lowest BCUT2D eigenvalue weighted by molar-refractivity contribution is 0.0139. The molecule has 3 aromatic rings. The molecule has 1 aliphatic carbocycles. The summed E-state index contributed by atoms with van der Waals surface area (Å²) in [4.78, 5) is 16.2. The van der Waals surface area contributed by atoms with Crippen LogP contribution in [0.3, 0.4) is 0 Å². The number of hydrogen-bond acceptors (Lipinski definition) is 11. The molecule has 0 unspecified atom stereocenters. The molecule has 1 saturated carbocycles.